The molecule has 2 N–H and O–H groups in total. The third-order valence-corrected chi connectivity index (χ3v) is 5.98. The summed E-state index contributed by atoms with van der Waals surface area (Å²) in [7, 11) is -3.77. The molecule has 0 bridgehead atoms. The monoisotopic (exact) mass is 428 g/mol. The molecule has 0 atom stereocenters. The predicted octanol–water partition coefficient (Wildman–Crippen LogP) is 5.32. The summed E-state index contributed by atoms with van der Waals surface area (Å²) in [4.78, 5) is 2.23. The van der Waals surface area contributed by atoms with Crippen LogP contribution in [0, 0.1) is 0 Å². The Labute approximate surface area is 178 Å². The van der Waals surface area contributed by atoms with Crippen LogP contribution in [-0.2, 0) is 23.1 Å². The maximum Gasteiger partial charge on any atom is 0.238 e. The number of benzene rings is 3. The number of sulfonamides is 1. The van der Waals surface area contributed by atoms with Crippen molar-refractivity contribution in [2.24, 2.45) is 5.14 Å². The predicted molar refractivity (Wildman–Crippen MR) is 120 cm³/mol. The quantitative estimate of drug-likeness (QED) is 0.554. The van der Waals surface area contributed by atoms with E-state index in [2.05, 4.69) is 43.0 Å². The normalized spacial score (nSPS) is 11.6. The van der Waals surface area contributed by atoms with Crippen molar-refractivity contribution in [2.75, 3.05) is 4.90 Å². The second kappa shape index (κ2) is 8.99. The summed E-state index contributed by atoms with van der Waals surface area (Å²) in [5, 5.41) is 6.01. The van der Waals surface area contributed by atoms with Gasteiger partial charge in [-0.2, -0.15) is 0 Å². The molecule has 0 amide bonds. The van der Waals surface area contributed by atoms with Crippen molar-refractivity contribution < 1.29 is 8.42 Å². The fourth-order valence-electron chi connectivity index (χ4n) is 3.13. The van der Waals surface area contributed by atoms with Crippen molar-refractivity contribution in [1.82, 2.24) is 0 Å². The molecule has 0 radical (unpaired) electrons. The highest BCUT2D eigenvalue weighted by Gasteiger charge is 2.14. The Morgan fingerprint density at radius 1 is 0.897 bits per heavy atom. The second-order valence-electron chi connectivity index (χ2n) is 7.42. The van der Waals surface area contributed by atoms with Gasteiger partial charge in [-0.05, 0) is 52.9 Å². The van der Waals surface area contributed by atoms with Crippen LogP contribution in [0.3, 0.4) is 0 Å². The smallest absolute Gasteiger partial charge is 0.238 e. The largest absolute Gasteiger partial charge is 0.363 e. The zero-order valence-corrected chi connectivity index (χ0v) is 18.1. The molecule has 3 rings (SSSR count). The molecular formula is C23H25ClN2O2S. The minimum atomic E-state index is -3.77. The summed E-state index contributed by atoms with van der Waals surface area (Å²) in [6, 6.07) is 22.9. The Morgan fingerprint density at radius 3 is 1.97 bits per heavy atom. The van der Waals surface area contributed by atoms with Gasteiger partial charge < -0.3 is 4.90 Å². The van der Waals surface area contributed by atoms with E-state index in [0.717, 1.165) is 16.8 Å². The number of halogens is 1. The molecule has 0 saturated carbocycles. The van der Waals surface area contributed by atoms with Gasteiger partial charge >= 0.3 is 0 Å². The lowest BCUT2D eigenvalue weighted by molar-refractivity contribution is 0.597. The van der Waals surface area contributed by atoms with E-state index in [4.69, 9.17) is 16.7 Å². The van der Waals surface area contributed by atoms with Crippen LogP contribution < -0.4 is 10.0 Å². The van der Waals surface area contributed by atoms with Crippen LogP contribution in [0.2, 0.25) is 5.02 Å². The van der Waals surface area contributed by atoms with E-state index in [1.54, 1.807) is 12.1 Å². The summed E-state index contributed by atoms with van der Waals surface area (Å²) in [6.45, 7) is 5.58. The average molecular weight is 429 g/mol. The van der Waals surface area contributed by atoms with E-state index < -0.39 is 10.0 Å². The molecule has 0 aromatic heterocycles. The lowest BCUT2D eigenvalue weighted by Crippen LogP contribution is -2.23. The van der Waals surface area contributed by atoms with Crippen molar-refractivity contribution in [3.05, 3.63) is 94.5 Å². The molecule has 0 fully saturated rings. The Balaban J connectivity index is 1.94. The average Bonchev–Trinajstić information content (AvgIpc) is 2.69. The molecule has 0 aliphatic rings. The van der Waals surface area contributed by atoms with E-state index in [-0.39, 0.29) is 4.90 Å². The highest BCUT2D eigenvalue weighted by atomic mass is 35.5. The molecule has 0 aliphatic carbocycles. The Morgan fingerprint density at radius 2 is 1.45 bits per heavy atom. The summed E-state index contributed by atoms with van der Waals surface area (Å²) >= 11 is 6.01. The summed E-state index contributed by atoms with van der Waals surface area (Å²) in [5.74, 6) is 0.473. The maximum absolute atomic E-state index is 11.8. The minimum absolute atomic E-state index is 0.103. The summed E-state index contributed by atoms with van der Waals surface area (Å²) < 4.78 is 23.6. The first kappa shape index (κ1) is 21.4. The number of primary sulfonamides is 1. The third kappa shape index (κ3) is 5.82. The fourth-order valence-corrected chi connectivity index (χ4v) is 3.81. The van der Waals surface area contributed by atoms with Gasteiger partial charge in [-0.1, -0.05) is 67.9 Å². The summed E-state index contributed by atoms with van der Waals surface area (Å²) in [6.07, 6.45) is 0. The van der Waals surface area contributed by atoms with E-state index in [0.29, 0.717) is 24.0 Å². The first-order valence-electron chi connectivity index (χ1n) is 9.43. The van der Waals surface area contributed by atoms with Crippen LogP contribution in [-0.4, -0.2) is 8.42 Å². The Bertz CT molecular complexity index is 1060. The lowest BCUT2D eigenvalue weighted by Gasteiger charge is -2.26. The maximum atomic E-state index is 11.8. The Kier molecular flexibility index (Phi) is 6.63. The van der Waals surface area contributed by atoms with Gasteiger partial charge in [0.1, 0.15) is 0 Å². The van der Waals surface area contributed by atoms with Crippen molar-refractivity contribution in [3.8, 4) is 0 Å². The van der Waals surface area contributed by atoms with Crippen LogP contribution in [0.1, 0.15) is 36.5 Å². The van der Waals surface area contributed by atoms with Crippen molar-refractivity contribution in [2.45, 2.75) is 37.8 Å². The number of hydrogen-bond acceptors (Lipinski definition) is 3. The van der Waals surface area contributed by atoms with Gasteiger partial charge in [0, 0.05) is 23.8 Å². The van der Waals surface area contributed by atoms with E-state index in [1.807, 2.05) is 30.3 Å². The van der Waals surface area contributed by atoms with Gasteiger partial charge in [-0.3, -0.25) is 0 Å². The van der Waals surface area contributed by atoms with Crippen molar-refractivity contribution in [1.29, 1.82) is 0 Å². The van der Waals surface area contributed by atoms with Gasteiger partial charge in [0.25, 0.3) is 0 Å². The first-order chi connectivity index (χ1) is 13.7. The molecule has 0 heterocycles. The molecular weight excluding hydrogens is 404 g/mol. The molecule has 152 valence electrons. The number of rotatable bonds is 7. The lowest BCUT2D eigenvalue weighted by atomic mass is 10.0. The van der Waals surface area contributed by atoms with Gasteiger partial charge in [-0.15, -0.1) is 0 Å². The molecule has 29 heavy (non-hydrogen) atoms. The number of anilines is 1. The third-order valence-electron chi connectivity index (χ3n) is 4.82. The second-order valence-corrected chi connectivity index (χ2v) is 9.42. The van der Waals surface area contributed by atoms with E-state index >= 15 is 0 Å². The minimum Gasteiger partial charge on any atom is -0.363 e. The first-order valence-corrected chi connectivity index (χ1v) is 11.4. The zero-order chi connectivity index (χ0) is 21.0. The van der Waals surface area contributed by atoms with Gasteiger partial charge in [-0.25, -0.2) is 13.6 Å². The highest BCUT2D eigenvalue weighted by molar-refractivity contribution is 7.89. The molecule has 0 saturated heterocycles. The molecule has 3 aromatic carbocycles. The van der Waals surface area contributed by atoms with Crippen molar-refractivity contribution in [3.63, 3.8) is 0 Å². The van der Waals surface area contributed by atoms with Crippen LogP contribution in [0.5, 0.6) is 0 Å². The molecule has 0 unspecified atom stereocenters. The fraction of sp³-hybridized carbons (Fsp3) is 0.217. The van der Waals surface area contributed by atoms with Crippen LogP contribution in [0.4, 0.5) is 5.69 Å². The van der Waals surface area contributed by atoms with Crippen LogP contribution >= 0.6 is 11.6 Å². The SMILES string of the molecule is CC(C)c1ccc(CN(Cc2ccc(Cl)cc2)c2cccc(S(N)(=O)=O)c2)cc1. The highest BCUT2D eigenvalue weighted by Crippen LogP contribution is 2.24. The topological polar surface area (TPSA) is 63.4 Å². The van der Waals surface area contributed by atoms with Gasteiger partial charge in [0.05, 0.1) is 4.90 Å². The molecule has 6 heteroatoms. The zero-order valence-electron chi connectivity index (χ0n) is 16.5. The number of nitrogens with two attached hydrogens (primary N) is 1. The van der Waals surface area contributed by atoms with Gasteiger partial charge in [0.15, 0.2) is 0 Å². The molecule has 0 aliphatic heterocycles. The van der Waals surface area contributed by atoms with Crippen LogP contribution in [0.15, 0.2) is 77.7 Å². The van der Waals surface area contributed by atoms with Crippen molar-refractivity contribution >= 4 is 27.3 Å². The summed E-state index contributed by atoms with van der Waals surface area (Å²) in [5.41, 5.74) is 4.30. The number of nitrogens with zero attached hydrogens (tertiary/aromatic N) is 1. The van der Waals surface area contributed by atoms with Crippen LogP contribution in [0.25, 0.3) is 0 Å². The number of hydrogen-bond donors (Lipinski definition) is 1. The molecule has 4 nitrogen and oxygen atoms in total. The Hall–Kier alpha value is -2.34. The van der Waals surface area contributed by atoms with E-state index in [9.17, 15) is 8.42 Å². The molecule has 3 aromatic rings. The van der Waals surface area contributed by atoms with Gasteiger partial charge in [0.2, 0.25) is 10.0 Å². The molecule has 0 spiro atoms. The van der Waals surface area contributed by atoms with E-state index in [1.165, 1.54) is 11.6 Å². The standard InChI is InChI=1S/C23H25ClN2O2S/c1-17(2)20-10-6-18(7-11-20)15-26(16-19-8-12-21(24)13-9-19)22-4-3-5-23(14-22)29(25,27)28/h3-14,17H,15-16H2,1-2H3,(H2,25,27,28).